The molecule has 1 amide bonds. The van der Waals surface area contributed by atoms with Crippen LogP contribution in [0.5, 0.6) is 0 Å². The van der Waals surface area contributed by atoms with Crippen LogP contribution in [0.1, 0.15) is 24.3 Å². The van der Waals surface area contributed by atoms with Gasteiger partial charge in [0, 0.05) is 20.6 Å². The number of nitrogens with zero attached hydrogens (tertiary/aromatic N) is 2. The Kier molecular flexibility index (Phi) is 4.07. The third kappa shape index (κ3) is 4.03. The van der Waals surface area contributed by atoms with E-state index in [1.165, 1.54) is 4.90 Å². The molecule has 1 heterocycles. The lowest BCUT2D eigenvalue weighted by Gasteiger charge is -2.25. The number of pyridine rings is 1. The van der Waals surface area contributed by atoms with Crippen molar-refractivity contribution in [3.8, 4) is 0 Å². The highest BCUT2D eigenvalue weighted by molar-refractivity contribution is 5.92. The third-order valence-electron chi connectivity index (χ3n) is 2.24. The van der Waals surface area contributed by atoms with Gasteiger partial charge in [-0.15, -0.1) is 0 Å². The van der Waals surface area contributed by atoms with Crippen LogP contribution in [-0.2, 0) is 0 Å². The maximum absolute atomic E-state index is 12.0. The summed E-state index contributed by atoms with van der Waals surface area (Å²) < 4.78 is 0. The molecule has 0 fully saturated rings. The zero-order valence-electron chi connectivity index (χ0n) is 10.7. The molecule has 0 aliphatic rings. The van der Waals surface area contributed by atoms with Crippen LogP contribution < -0.4 is 5.32 Å². The molecule has 0 unspecified atom stereocenters. The summed E-state index contributed by atoms with van der Waals surface area (Å²) >= 11 is 0. The van der Waals surface area contributed by atoms with E-state index >= 15 is 0 Å². The number of carbonyl (C=O) groups is 1. The molecule has 0 saturated carbocycles. The van der Waals surface area contributed by atoms with Gasteiger partial charge in [-0.1, -0.05) is 0 Å². The van der Waals surface area contributed by atoms with Crippen molar-refractivity contribution < 1.29 is 9.90 Å². The Labute approximate surface area is 101 Å². The fourth-order valence-electron chi connectivity index (χ4n) is 1.52. The summed E-state index contributed by atoms with van der Waals surface area (Å²) in [7, 11) is 3.44. The van der Waals surface area contributed by atoms with Gasteiger partial charge in [-0.3, -0.25) is 4.79 Å². The maximum atomic E-state index is 12.0. The van der Waals surface area contributed by atoms with Crippen LogP contribution in [0.25, 0.3) is 0 Å². The van der Waals surface area contributed by atoms with Gasteiger partial charge < -0.3 is 15.3 Å². The van der Waals surface area contributed by atoms with E-state index in [4.69, 9.17) is 0 Å². The largest absolute Gasteiger partial charge is 0.389 e. The molecule has 0 radical (unpaired) electrons. The van der Waals surface area contributed by atoms with Gasteiger partial charge in [0.25, 0.3) is 5.91 Å². The van der Waals surface area contributed by atoms with Crippen LogP contribution in [0.2, 0.25) is 0 Å². The normalized spacial score (nSPS) is 11.1. The number of aliphatic hydroxyl groups is 1. The van der Waals surface area contributed by atoms with Gasteiger partial charge >= 0.3 is 0 Å². The summed E-state index contributed by atoms with van der Waals surface area (Å²) in [6.07, 6.45) is 1.60. The van der Waals surface area contributed by atoms with E-state index in [1.807, 2.05) is 0 Å². The van der Waals surface area contributed by atoms with Gasteiger partial charge in [0.15, 0.2) is 0 Å². The Morgan fingerprint density at radius 1 is 1.53 bits per heavy atom. The SMILES string of the molecule is CNc1ccc(C(=O)N(C)CC(C)(C)O)nc1. The molecule has 2 N–H and O–H groups in total. The van der Waals surface area contributed by atoms with Gasteiger partial charge in [0.1, 0.15) is 5.69 Å². The number of nitrogens with one attached hydrogen (secondary N) is 1. The van der Waals surface area contributed by atoms with Crippen LogP contribution in [-0.4, -0.2) is 47.1 Å². The highest BCUT2D eigenvalue weighted by atomic mass is 16.3. The number of aromatic nitrogens is 1. The predicted octanol–water partition coefficient (Wildman–Crippen LogP) is 0.966. The molecule has 0 saturated heterocycles. The summed E-state index contributed by atoms with van der Waals surface area (Å²) in [6.45, 7) is 3.59. The number of amides is 1. The zero-order valence-corrected chi connectivity index (χ0v) is 10.7. The van der Waals surface area contributed by atoms with E-state index in [1.54, 1.807) is 46.3 Å². The molecule has 5 nitrogen and oxygen atoms in total. The van der Waals surface area contributed by atoms with E-state index in [0.717, 1.165) is 5.69 Å². The first-order valence-electron chi connectivity index (χ1n) is 5.45. The molecule has 0 atom stereocenters. The number of likely N-dealkylation sites (N-methyl/N-ethyl adjacent to an activating group) is 1. The number of hydrogen-bond acceptors (Lipinski definition) is 4. The quantitative estimate of drug-likeness (QED) is 0.819. The minimum Gasteiger partial charge on any atom is -0.389 e. The highest BCUT2D eigenvalue weighted by Gasteiger charge is 2.20. The fraction of sp³-hybridized carbons (Fsp3) is 0.500. The zero-order chi connectivity index (χ0) is 13.1. The molecule has 1 aromatic heterocycles. The second kappa shape index (κ2) is 5.14. The van der Waals surface area contributed by atoms with Crippen molar-refractivity contribution in [2.24, 2.45) is 0 Å². The topological polar surface area (TPSA) is 65.5 Å². The van der Waals surface area contributed by atoms with E-state index in [-0.39, 0.29) is 12.5 Å². The maximum Gasteiger partial charge on any atom is 0.272 e. The van der Waals surface area contributed by atoms with Crippen molar-refractivity contribution in [2.45, 2.75) is 19.4 Å². The summed E-state index contributed by atoms with van der Waals surface area (Å²) in [5.41, 5.74) is 0.317. The number of carbonyl (C=O) groups excluding carboxylic acids is 1. The van der Waals surface area contributed by atoms with Gasteiger partial charge in [-0.2, -0.15) is 0 Å². The van der Waals surface area contributed by atoms with Crippen LogP contribution in [0.4, 0.5) is 5.69 Å². The Balaban J connectivity index is 2.75. The Bertz CT molecular complexity index is 382. The molecule has 17 heavy (non-hydrogen) atoms. The molecule has 1 rings (SSSR count). The minimum atomic E-state index is -0.907. The fourth-order valence-corrected chi connectivity index (χ4v) is 1.52. The molecule has 0 bridgehead atoms. The second-order valence-corrected chi connectivity index (χ2v) is 4.66. The second-order valence-electron chi connectivity index (χ2n) is 4.66. The monoisotopic (exact) mass is 237 g/mol. The van der Waals surface area contributed by atoms with Crippen molar-refractivity contribution in [1.82, 2.24) is 9.88 Å². The van der Waals surface area contributed by atoms with Crippen molar-refractivity contribution in [1.29, 1.82) is 0 Å². The van der Waals surface area contributed by atoms with Crippen molar-refractivity contribution in [2.75, 3.05) is 26.0 Å². The summed E-state index contributed by atoms with van der Waals surface area (Å²) in [4.78, 5) is 17.5. The van der Waals surface area contributed by atoms with Crippen LogP contribution >= 0.6 is 0 Å². The molecule has 0 aromatic carbocycles. The Hall–Kier alpha value is -1.62. The predicted molar refractivity (Wildman–Crippen MR) is 67.0 cm³/mol. The number of hydrogen-bond donors (Lipinski definition) is 2. The first-order valence-corrected chi connectivity index (χ1v) is 5.45. The van der Waals surface area contributed by atoms with Gasteiger partial charge in [-0.25, -0.2) is 4.98 Å². The summed E-state index contributed by atoms with van der Waals surface area (Å²) in [5.74, 6) is -0.199. The summed E-state index contributed by atoms with van der Waals surface area (Å²) in [5, 5.41) is 12.6. The molecule has 94 valence electrons. The standard InChI is InChI=1S/C12H19N3O2/c1-12(2,17)8-15(4)11(16)10-6-5-9(13-3)7-14-10/h5-7,13,17H,8H2,1-4H3. The molecular weight excluding hydrogens is 218 g/mol. The summed E-state index contributed by atoms with van der Waals surface area (Å²) in [6, 6.07) is 3.45. The third-order valence-corrected chi connectivity index (χ3v) is 2.24. The average molecular weight is 237 g/mol. The molecular formula is C12H19N3O2. The Morgan fingerprint density at radius 3 is 2.59 bits per heavy atom. The number of rotatable bonds is 4. The lowest BCUT2D eigenvalue weighted by atomic mass is 10.1. The first-order chi connectivity index (χ1) is 7.83. The minimum absolute atomic E-state index is 0.199. The highest BCUT2D eigenvalue weighted by Crippen LogP contribution is 2.09. The lowest BCUT2D eigenvalue weighted by Crippen LogP contribution is -2.39. The molecule has 0 aliphatic carbocycles. The molecule has 0 aliphatic heterocycles. The van der Waals surface area contributed by atoms with E-state index in [0.29, 0.717) is 5.69 Å². The number of anilines is 1. The van der Waals surface area contributed by atoms with E-state index in [2.05, 4.69) is 10.3 Å². The smallest absolute Gasteiger partial charge is 0.272 e. The van der Waals surface area contributed by atoms with Crippen LogP contribution in [0.15, 0.2) is 18.3 Å². The molecule has 5 heteroatoms. The van der Waals surface area contributed by atoms with Gasteiger partial charge in [0.05, 0.1) is 17.5 Å². The van der Waals surface area contributed by atoms with Crippen LogP contribution in [0, 0.1) is 0 Å². The lowest BCUT2D eigenvalue weighted by molar-refractivity contribution is 0.0365. The first kappa shape index (κ1) is 13.4. The molecule has 0 spiro atoms. The van der Waals surface area contributed by atoms with Crippen LogP contribution in [0.3, 0.4) is 0 Å². The average Bonchev–Trinajstić information content (AvgIpc) is 2.26. The van der Waals surface area contributed by atoms with E-state index in [9.17, 15) is 9.90 Å². The van der Waals surface area contributed by atoms with Crippen molar-refractivity contribution >= 4 is 11.6 Å². The van der Waals surface area contributed by atoms with E-state index < -0.39 is 5.60 Å². The molecule has 1 aromatic rings. The van der Waals surface area contributed by atoms with Crippen molar-refractivity contribution in [3.05, 3.63) is 24.0 Å². The Morgan fingerprint density at radius 2 is 2.18 bits per heavy atom. The van der Waals surface area contributed by atoms with Gasteiger partial charge in [-0.05, 0) is 26.0 Å². The van der Waals surface area contributed by atoms with Gasteiger partial charge in [0.2, 0.25) is 0 Å². The van der Waals surface area contributed by atoms with Crippen molar-refractivity contribution in [3.63, 3.8) is 0 Å².